The molecule has 1 rings (SSSR count). The van der Waals surface area contributed by atoms with Gasteiger partial charge < -0.3 is 5.32 Å². The number of hydrogen-bond donors (Lipinski definition) is 1. The fourth-order valence-corrected chi connectivity index (χ4v) is 1.46. The highest BCUT2D eigenvalue weighted by Crippen LogP contribution is 2.22. The third-order valence-corrected chi connectivity index (χ3v) is 2.60. The van der Waals surface area contributed by atoms with E-state index in [1.165, 1.54) is 0 Å². The Bertz CT molecular complexity index is 296. The maximum absolute atomic E-state index is 5.68. The Morgan fingerprint density at radius 3 is 2.73 bits per heavy atom. The molecule has 15 heavy (non-hydrogen) atoms. The SMILES string of the molecule is Cn1nnnc1NCC(C)(C)CCCCl. The van der Waals surface area contributed by atoms with Gasteiger partial charge in [0.2, 0.25) is 5.95 Å². The molecule has 0 bridgehead atoms. The van der Waals surface area contributed by atoms with Gasteiger partial charge in [0.15, 0.2) is 0 Å². The molecule has 1 aromatic rings. The average Bonchev–Trinajstić information content (AvgIpc) is 2.58. The Labute approximate surface area is 95.2 Å². The summed E-state index contributed by atoms with van der Waals surface area (Å²) in [4.78, 5) is 0. The van der Waals surface area contributed by atoms with E-state index in [-0.39, 0.29) is 5.41 Å². The summed E-state index contributed by atoms with van der Waals surface area (Å²) in [6.07, 6.45) is 2.13. The molecule has 0 aliphatic rings. The van der Waals surface area contributed by atoms with Crippen LogP contribution in [-0.2, 0) is 7.05 Å². The van der Waals surface area contributed by atoms with Gasteiger partial charge in [-0.1, -0.05) is 18.9 Å². The van der Waals surface area contributed by atoms with Gasteiger partial charge in [0.1, 0.15) is 0 Å². The fraction of sp³-hybridized carbons (Fsp3) is 0.889. The number of alkyl halides is 1. The predicted molar refractivity (Wildman–Crippen MR) is 61.0 cm³/mol. The van der Waals surface area contributed by atoms with Crippen molar-refractivity contribution in [2.45, 2.75) is 26.7 Å². The summed E-state index contributed by atoms with van der Waals surface area (Å²) >= 11 is 5.68. The van der Waals surface area contributed by atoms with Crippen LogP contribution in [0.15, 0.2) is 0 Å². The fourth-order valence-electron chi connectivity index (χ4n) is 1.33. The van der Waals surface area contributed by atoms with E-state index >= 15 is 0 Å². The molecule has 1 aromatic heterocycles. The van der Waals surface area contributed by atoms with Crippen LogP contribution < -0.4 is 5.32 Å². The van der Waals surface area contributed by atoms with E-state index in [2.05, 4.69) is 34.7 Å². The lowest BCUT2D eigenvalue weighted by molar-refractivity contribution is 0.354. The number of rotatable bonds is 6. The zero-order chi connectivity index (χ0) is 11.3. The summed E-state index contributed by atoms with van der Waals surface area (Å²) in [5, 5.41) is 14.4. The number of tetrazole rings is 1. The molecule has 0 aromatic carbocycles. The third-order valence-electron chi connectivity index (χ3n) is 2.33. The molecule has 0 fully saturated rings. The molecule has 0 unspecified atom stereocenters. The summed E-state index contributed by atoms with van der Waals surface area (Å²) in [6, 6.07) is 0. The van der Waals surface area contributed by atoms with Crippen molar-refractivity contribution >= 4 is 17.5 Å². The van der Waals surface area contributed by atoms with Gasteiger partial charge >= 0.3 is 0 Å². The molecule has 0 spiro atoms. The molecule has 1 N–H and O–H groups in total. The van der Waals surface area contributed by atoms with Gasteiger partial charge in [-0.3, -0.25) is 0 Å². The van der Waals surface area contributed by atoms with Gasteiger partial charge in [0, 0.05) is 19.5 Å². The zero-order valence-corrected chi connectivity index (χ0v) is 10.3. The molecular formula is C9H18ClN5. The van der Waals surface area contributed by atoms with Crippen LogP contribution in [-0.4, -0.2) is 32.6 Å². The van der Waals surface area contributed by atoms with Gasteiger partial charge in [-0.2, -0.15) is 0 Å². The molecule has 0 atom stereocenters. The highest BCUT2D eigenvalue weighted by atomic mass is 35.5. The van der Waals surface area contributed by atoms with Gasteiger partial charge in [0.25, 0.3) is 0 Å². The largest absolute Gasteiger partial charge is 0.353 e. The smallest absolute Gasteiger partial charge is 0.242 e. The van der Waals surface area contributed by atoms with Crippen molar-refractivity contribution in [3.8, 4) is 0 Å². The van der Waals surface area contributed by atoms with E-state index in [0.29, 0.717) is 5.95 Å². The van der Waals surface area contributed by atoms with Crippen molar-refractivity contribution in [3.05, 3.63) is 0 Å². The van der Waals surface area contributed by atoms with E-state index in [0.717, 1.165) is 25.3 Å². The van der Waals surface area contributed by atoms with E-state index in [4.69, 9.17) is 11.6 Å². The molecule has 86 valence electrons. The van der Waals surface area contributed by atoms with Crippen molar-refractivity contribution in [2.24, 2.45) is 12.5 Å². The van der Waals surface area contributed by atoms with Gasteiger partial charge in [-0.05, 0) is 28.7 Å². The molecule has 0 amide bonds. The monoisotopic (exact) mass is 231 g/mol. The van der Waals surface area contributed by atoms with Crippen molar-refractivity contribution in [3.63, 3.8) is 0 Å². The van der Waals surface area contributed by atoms with Crippen molar-refractivity contribution in [1.82, 2.24) is 20.2 Å². The highest BCUT2D eigenvalue weighted by molar-refractivity contribution is 6.17. The van der Waals surface area contributed by atoms with Crippen molar-refractivity contribution in [1.29, 1.82) is 0 Å². The second-order valence-corrected chi connectivity index (χ2v) is 4.81. The quantitative estimate of drug-likeness (QED) is 0.757. The number of aryl methyl sites for hydroxylation is 1. The Morgan fingerprint density at radius 2 is 2.20 bits per heavy atom. The molecule has 0 aliphatic heterocycles. The van der Waals surface area contributed by atoms with Crippen LogP contribution in [0, 0.1) is 5.41 Å². The first-order valence-electron chi connectivity index (χ1n) is 5.07. The lowest BCUT2D eigenvalue weighted by atomic mass is 9.88. The first kappa shape index (κ1) is 12.2. The van der Waals surface area contributed by atoms with Gasteiger partial charge in [-0.15, -0.1) is 11.6 Å². The summed E-state index contributed by atoms with van der Waals surface area (Å²) in [7, 11) is 1.81. The summed E-state index contributed by atoms with van der Waals surface area (Å²) in [6.45, 7) is 5.25. The van der Waals surface area contributed by atoms with Crippen LogP contribution in [0.25, 0.3) is 0 Å². The minimum atomic E-state index is 0.209. The first-order chi connectivity index (χ1) is 7.05. The molecule has 6 heteroatoms. The minimum absolute atomic E-state index is 0.209. The normalized spacial score (nSPS) is 11.7. The first-order valence-corrected chi connectivity index (χ1v) is 5.61. The number of aromatic nitrogens is 4. The molecule has 0 radical (unpaired) electrons. The van der Waals surface area contributed by atoms with E-state index in [9.17, 15) is 0 Å². The molecular weight excluding hydrogens is 214 g/mol. The summed E-state index contributed by atoms with van der Waals surface area (Å²) in [5.41, 5.74) is 0.209. The maximum atomic E-state index is 5.68. The standard InChI is InChI=1S/C9H18ClN5/c1-9(2,5-4-6-10)7-11-8-12-13-14-15(8)3/h4-7H2,1-3H3,(H,11,12,14). The topological polar surface area (TPSA) is 55.6 Å². The van der Waals surface area contributed by atoms with Gasteiger partial charge in [-0.25, -0.2) is 4.68 Å². The number of nitrogens with zero attached hydrogens (tertiary/aromatic N) is 4. The molecule has 1 heterocycles. The summed E-state index contributed by atoms with van der Waals surface area (Å²) < 4.78 is 1.62. The summed E-state index contributed by atoms with van der Waals surface area (Å²) in [5.74, 6) is 1.42. The number of halogens is 1. The van der Waals surface area contributed by atoms with E-state index in [1.54, 1.807) is 4.68 Å². The van der Waals surface area contributed by atoms with Gasteiger partial charge in [0.05, 0.1) is 0 Å². The third kappa shape index (κ3) is 4.03. The average molecular weight is 232 g/mol. The molecule has 5 nitrogen and oxygen atoms in total. The van der Waals surface area contributed by atoms with Crippen LogP contribution in [0.5, 0.6) is 0 Å². The maximum Gasteiger partial charge on any atom is 0.242 e. The second-order valence-electron chi connectivity index (χ2n) is 4.44. The van der Waals surface area contributed by atoms with Crippen molar-refractivity contribution < 1.29 is 0 Å². The Kier molecular flexibility index (Phi) is 4.32. The number of nitrogens with one attached hydrogen (secondary N) is 1. The Morgan fingerprint density at radius 1 is 1.47 bits per heavy atom. The van der Waals surface area contributed by atoms with Crippen LogP contribution in [0.1, 0.15) is 26.7 Å². The Balaban J connectivity index is 2.39. The minimum Gasteiger partial charge on any atom is -0.353 e. The molecule has 0 aliphatic carbocycles. The van der Waals surface area contributed by atoms with Crippen molar-refractivity contribution in [2.75, 3.05) is 17.7 Å². The second kappa shape index (κ2) is 5.30. The number of anilines is 1. The van der Waals surface area contributed by atoms with E-state index < -0.39 is 0 Å². The molecule has 0 saturated heterocycles. The van der Waals surface area contributed by atoms with Crippen LogP contribution in [0.3, 0.4) is 0 Å². The number of hydrogen-bond acceptors (Lipinski definition) is 4. The lowest BCUT2D eigenvalue weighted by Gasteiger charge is -2.24. The van der Waals surface area contributed by atoms with Crippen LogP contribution in [0.2, 0.25) is 0 Å². The lowest BCUT2D eigenvalue weighted by Crippen LogP contribution is -2.24. The van der Waals surface area contributed by atoms with E-state index in [1.807, 2.05) is 7.05 Å². The highest BCUT2D eigenvalue weighted by Gasteiger charge is 2.17. The van der Waals surface area contributed by atoms with Crippen LogP contribution >= 0.6 is 11.6 Å². The Hall–Kier alpha value is -0.840. The zero-order valence-electron chi connectivity index (χ0n) is 9.50. The van der Waals surface area contributed by atoms with Crippen LogP contribution in [0.4, 0.5) is 5.95 Å². The predicted octanol–water partition coefficient (Wildman–Crippen LogP) is 1.67. The molecule has 0 saturated carbocycles.